The van der Waals surface area contributed by atoms with Gasteiger partial charge in [0.15, 0.2) is 0 Å². The number of halogens is 1. The fourth-order valence-electron chi connectivity index (χ4n) is 2.75. The standard InChI is InChI=1S/C17H20FN3OS/c1-13-19-16(12-23-13)6-7-20-8-10-21(11-9-20)17(22)14-2-4-15(18)5-3-14/h2-5,12H,6-11H2,1H3. The van der Waals surface area contributed by atoms with Gasteiger partial charge in [0.25, 0.3) is 5.91 Å². The molecule has 1 aromatic heterocycles. The highest BCUT2D eigenvalue weighted by Gasteiger charge is 2.22. The first-order chi connectivity index (χ1) is 11.1. The van der Waals surface area contributed by atoms with Gasteiger partial charge >= 0.3 is 0 Å². The molecule has 1 aromatic carbocycles. The fraction of sp³-hybridized carbons (Fsp3) is 0.412. The summed E-state index contributed by atoms with van der Waals surface area (Å²) in [5.74, 6) is -0.330. The molecular formula is C17H20FN3OS. The Balaban J connectivity index is 1.48. The van der Waals surface area contributed by atoms with Gasteiger partial charge in [-0.05, 0) is 31.2 Å². The largest absolute Gasteiger partial charge is 0.336 e. The summed E-state index contributed by atoms with van der Waals surface area (Å²) in [5.41, 5.74) is 1.70. The zero-order valence-corrected chi connectivity index (χ0v) is 14.0. The molecule has 122 valence electrons. The van der Waals surface area contributed by atoms with Crippen LogP contribution < -0.4 is 0 Å². The van der Waals surface area contributed by atoms with Gasteiger partial charge in [0.2, 0.25) is 0 Å². The van der Waals surface area contributed by atoms with Gasteiger partial charge in [-0.15, -0.1) is 11.3 Å². The average Bonchev–Trinajstić information content (AvgIpc) is 2.99. The van der Waals surface area contributed by atoms with Crippen molar-refractivity contribution in [3.8, 4) is 0 Å². The van der Waals surface area contributed by atoms with Crippen molar-refractivity contribution in [2.45, 2.75) is 13.3 Å². The van der Waals surface area contributed by atoms with Gasteiger partial charge in [0, 0.05) is 50.1 Å². The molecule has 1 amide bonds. The Morgan fingerprint density at radius 1 is 1.22 bits per heavy atom. The van der Waals surface area contributed by atoms with E-state index in [4.69, 9.17) is 0 Å². The molecule has 0 bridgehead atoms. The molecule has 2 heterocycles. The smallest absolute Gasteiger partial charge is 0.253 e. The number of carbonyl (C=O) groups is 1. The second-order valence-corrected chi connectivity index (χ2v) is 6.81. The highest BCUT2D eigenvalue weighted by Crippen LogP contribution is 2.12. The van der Waals surface area contributed by atoms with Crippen molar-refractivity contribution in [1.29, 1.82) is 0 Å². The third-order valence-corrected chi connectivity index (χ3v) is 4.92. The summed E-state index contributed by atoms with van der Waals surface area (Å²) in [6.07, 6.45) is 0.955. The number of benzene rings is 1. The molecule has 0 saturated carbocycles. The topological polar surface area (TPSA) is 36.4 Å². The summed E-state index contributed by atoms with van der Waals surface area (Å²) in [4.78, 5) is 21.1. The fourth-order valence-corrected chi connectivity index (χ4v) is 3.39. The van der Waals surface area contributed by atoms with E-state index in [1.54, 1.807) is 23.5 Å². The predicted molar refractivity (Wildman–Crippen MR) is 89.3 cm³/mol. The van der Waals surface area contributed by atoms with Crippen LogP contribution in [0.2, 0.25) is 0 Å². The van der Waals surface area contributed by atoms with E-state index >= 15 is 0 Å². The number of rotatable bonds is 4. The second kappa shape index (κ2) is 7.19. The Kier molecular flexibility index (Phi) is 5.03. The summed E-state index contributed by atoms with van der Waals surface area (Å²) in [6.45, 7) is 6.17. The van der Waals surface area contributed by atoms with E-state index in [1.165, 1.54) is 12.1 Å². The molecule has 6 heteroatoms. The zero-order valence-electron chi connectivity index (χ0n) is 13.2. The average molecular weight is 333 g/mol. The predicted octanol–water partition coefficient (Wildman–Crippen LogP) is 2.59. The van der Waals surface area contributed by atoms with E-state index in [1.807, 2.05) is 11.8 Å². The first kappa shape index (κ1) is 16.1. The van der Waals surface area contributed by atoms with Crippen molar-refractivity contribution in [3.63, 3.8) is 0 Å². The van der Waals surface area contributed by atoms with Crippen LogP contribution in [0.15, 0.2) is 29.6 Å². The molecule has 0 aliphatic carbocycles. The normalized spacial score (nSPS) is 15.8. The van der Waals surface area contributed by atoms with Crippen molar-refractivity contribution in [1.82, 2.24) is 14.8 Å². The summed E-state index contributed by atoms with van der Waals surface area (Å²) in [7, 11) is 0. The molecule has 3 rings (SSSR count). The minimum atomic E-state index is -0.316. The molecule has 0 spiro atoms. The minimum Gasteiger partial charge on any atom is -0.336 e. The molecule has 0 atom stereocenters. The third-order valence-electron chi connectivity index (χ3n) is 4.10. The molecule has 0 N–H and O–H groups in total. The molecule has 1 aliphatic heterocycles. The van der Waals surface area contributed by atoms with Crippen molar-refractivity contribution in [2.75, 3.05) is 32.7 Å². The summed E-state index contributed by atoms with van der Waals surface area (Å²) in [6, 6.07) is 5.77. The van der Waals surface area contributed by atoms with E-state index in [9.17, 15) is 9.18 Å². The number of amides is 1. The molecule has 23 heavy (non-hydrogen) atoms. The Morgan fingerprint density at radius 3 is 2.52 bits per heavy atom. The molecule has 1 fully saturated rings. The van der Waals surface area contributed by atoms with Crippen LogP contribution >= 0.6 is 11.3 Å². The van der Waals surface area contributed by atoms with Crippen molar-refractivity contribution >= 4 is 17.2 Å². The molecule has 4 nitrogen and oxygen atoms in total. The number of hydrogen-bond donors (Lipinski definition) is 0. The first-order valence-corrected chi connectivity index (χ1v) is 8.68. The maximum Gasteiger partial charge on any atom is 0.253 e. The second-order valence-electron chi connectivity index (χ2n) is 5.75. The minimum absolute atomic E-state index is 0.0141. The van der Waals surface area contributed by atoms with Crippen LogP contribution in [0.25, 0.3) is 0 Å². The molecular weight excluding hydrogens is 313 g/mol. The van der Waals surface area contributed by atoms with Gasteiger partial charge in [-0.2, -0.15) is 0 Å². The molecule has 0 radical (unpaired) electrons. The zero-order chi connectivity index (χ0) is 16.2. The van der Waals surface area contributed by atoms with Gasteiger partial charge in [0.05, 0.1) is 10.7 Å². The monoisotopic (exact) mass is 333 g/mol. The SMILES string of the molecule is Cc1nc(CCN2CCN(C(=O)c3ccc(F)cc3)CC2)cs1. The van der Waals surface area contributed by atoms with Crippen LogP contribution in [-0.4, -0.2) is 53.4 Å². The van der Waals surface area contributed by atoms with Crippen LogP contribution in [0, 0.1) is 12.7 Å². The Labute approximate surface area is 139 Å². The lowest BCUT2D eigenvalue weighted by atomic mass is 10.1. The van der Waals surface area contributed by atoms with Gasteiger partial charge in [-0.3, -0.25) is 9.69 Å². The summed E-state index contributed by atoms with van der Waals surface area (Å²) >= 11 is 1.68. The highest BCUT2D eigenvalue weighted by molar-refractivity contribution is 7.09. The maximum atomic E-state index is 12.9. The number of thiazole rings is 1. The van der Waals surface area contributed by atoms with Gasteiger partial charge in [-0.25, -0.2) is 9.37 Å². The van der Waals surface area contributed by atoms with Gasteiger partial charge in [0.1, 0.15) is 5.82 Å². The summed E-state index contributed by atoms with van der Waals surface area (Å²) in [5, 5.41) is 3.22. The van der Waals surface area contributed by atoms with Crippen LogP contribution in [0.4, 0.5) is 4.39 Å². The molecule has 2 aromatic rings. The van der Waals surface area contributed by atoms with Crippen LogP contribution in [0.5, 0.6) is 0 Å². The van der Waals surface area contributed by atoms with E-state index in [0.29, 0.717) is 18.7 Å². The Bertz CT molecular complexity index is 663. The van der Waals surface area contributed by atoms with Crippen LogP contribution in [0.3, 0.4) is 0 Å². The van der Waals surface area contributed by atoms with Crippen LogP contribution in [0.1, 0.15) is 21.1 Å². The third kappa shape index (κ3) is 4.14. The Hall–Kier alpha value is -1.79. The van der Waals surface area contributed by atoms with Gasteiger partial charge < -0.3 is 4.90 Å². The Morgan fingerprint density at radius 2 is 1.91 bits per heavy atom. The number of piperazine rings is 1. The number of carbonyl (C=O) groups excluding carboxylic acids is 1. The van der Waals surface area contributed by atoms with E-state index in [2.05, 4.69) is 15.3 Å². The number of aryl methyl sites for hydroxylation is 1. The molecule has 1 saturated heterocycles. The van der Waals surface area contributed by atoms with Crippen molar-refractivity contribution in [2.24, 2.45) is 0 Å². The van der Waals surface area contributed by atoms with Gasteiger partial charge in [-0.1, -0.05) is 0 Å². The number of nitrogens with zero attached hydrogens (tertiary/aromatic N) is 3. The van der Waals surface area contributed by atoms with Crippen LogP contribution in [-0.2, 0) is 6.42 Å². The van der Waals surface area contributed by atoms with E-state index < -0.39 is 0 Å². The first-order valence-electron chi connectivity index (χ1n) is 7.80. The lowest BCUT2D eigenvalue weighted by Gasteiger charge is -2.34. The lowest BCUT2D eigenvalue weighted by Crippen LogP contribution is -2.49. The van der Waals surface area contributed by atoms with E-state index in [-0.39, 0.29) is 11.7 Å². The quantitative estimate of drug-likeness (QED) is 0.863. The van der Waals surface area contributed by atoms with E-state index in [0.717, 1.165) is 36.8 Å². The maximum absolute atomic E-state index is 12.9. The number of hydrogen-bond acceptors (Lipinski definition) is 4. The van der Waals surface area contributed by atoms with Crippen molar-refractivity contribution in [3.05, 3.63) is 51.7 Å². The molecule has 1 aliphatic rings. The lowest BCUT2D eigenvalue weighted by molar-refractivity contribution is 0.0638. The highest BCUT2D eigenvalue weighted by atomic mass is 32.1. The summed E-state index contributed by atoms with van der Waals surface area (Å²) < 4.78 is 12.9. The van der Waals surface area contributed by atoms with Crippen molar-refractivity contribution < 1.29 is 9.18 Å². The number of aromatic nitrogens is 1. The molecule has 0 unspecified atom stereocenters.